The van der Waals surface area contributed by atoms with Crippen LogP contribution in [0.1, 0.15) is 62.6 Å². The number of fused-ring (bicyclic) bond motifs is 2. The number of aliphatic carboxylic acids is 1. The monoisotopic (exact) mass is 453 g/mol. The molecular weight excluding hydrogens is 428 g/mol. The molecule has 5 rings (SSSR count). The van der Waals surface area contributed by atoms with Gasteiger partial charge in [0.2, 0.25) is 0 Å². The first-order valence-corrected chi connectivity index (χ1v) is 11.1. The van der Waals surface area contributed by atoms with E-state index in [9.17, 15) is 19.4 Å². The summed E-state index contributed by atoms with van der Waals surface area (Å²) in [5, 5.41) is 27.7. The molecule has 0 bridgehead atoms. The lowest BCUT2D eigenvalue weighted by Gasteiger charge is -2.33. The number of aliphatic hydroxyl groups is 1. The first kappa shape index (κ1) is 21.6. The van der Waals surface area contributed by atoms with Crippen molar-refractivity contribution in [1.29, 1.82) is 0 Å². The molecule has 2 aromatic heterocycles. The number of aromatic amines is 1. The third-order valence-electron chi connectivity index (χ3n) is 6.93. The van der Waals surface area contributed by atoms with Gasteiger partial charge in [0.05, 0.1) is 11.7 Å². The lowest BCUT2D eigenvalue weighted by atomic mass is 9.74. The second kappa shape index (κ2) is 7.66. The normalized spacial score (nSPS) is 21.3. The topological polar surface area (TPSA) is 91.1 Å². The smallest absolute Gasteiger partial charge is 0.335 e. The Hall–Kier alpha value is -3.26. The predicted molar refractivity (Wildman–Crippen MR) is 121 cm³/mol. The highest BCUT2D eigenvalue weighted by Crippen LogP contribution is 2.47. The van der Waals surface area contributed by atoms with E-state index in [0.29, 0.717) is 34.6 Å². The zero-order valence-corrected chi connectivity index (χ0v) is 18.4. The number of carbonyl (C=O) groups is 1. The number of H-pyrrole nitrogens is 1. The molecule has 172 valence electrons. The van der Waals surface area contributed by atoms with Gasteiger partial charge in [-0.2, -0.15) is 5.10 Å². The van der Waals surface area contributed by atoms with Crippen LogP contribution in [0.4, 0.5) is 8.78 Å². The Morgan fingerprint density at radius 1 is 1.21 bits per heavy atom. The van der Waals surface area contributed by atoms with Gasteiger partial charge in [0.25, 0.3) is 0 Å². The zero-order valence-electron chi connectivity index (χ0n) is 18.4. The van der Waals surface area contributed by atoms with Crippen LogP contribution in [0.5, 0.6) is 0 Å². The SMILES string of the molecule is CC(C)c1c(C2CCC(O)(C(=O)O)CC2)c2c(F)c3[nH]ncc3cc2n1-c1ccc(F)cc1. The quantitative estimate of drug-likeness (QED) is 0.387. The fraction of sp³-hybridized carbons (Fsp3) is 0.360. The minimum Gasteiger partial charge on any atom is -0.479 e. The van der Waals surface area contributed by atoms with Crippen LogP contribution in [-0.2, 0) is 4.79 Å². The molecule has 0 atom stereocenters. The summed E-state index contributed by atoms with van der Waals surface area (Å²) in [5.74, 6) is -2.10. The summed E-state index contributed by atoms with van der Waals surface area (Å²) in [5.41, 5.74) is 1.67. The van der Waals surface area contributed by atoms with E-state index >= 15 is 4.39 Å². The summed E-state index contributed by atoms with van der Waals surface area (Å²) < 4.78 is 31.6. The van der Waals surface area contributed by atoms with Gasteiger partial charge in [0.1, 0.15) is 11.3 Å². The molecule has 0 spiro atoms. The number of benzene rings is 2. The standard InChI is InChI=1S/C25H25F2N3O3/c1-13(2)23-19(14-7-9-25(33,10-8-14)24(31)32)20-18(11-15-12-28-29-22(15)21(20)27)30(23)17-5-3-16(26)4-6-17/h3-6,11-14,33H,7-10H2,1-2H3,(H,28,29)(H,31,32). The number of nitrogens with zero attached hydrogens (tertiary/aromatic N) is 2. The molecule has 1 saturated carbocycles. The highest BCUT2D eigenvalue weighted by molar-refractivity contribution is 5.99. The van der Waals surface area contributed by atoms with Crippen LogP contribution in [0.25, 0.3) is 27.5 Å². The van der Waals surface area contributed by atoms with E-state index in [1.165, 1.54) is 12.1 Å². The maximum absolute atomic E-state index is 15.9. The van der Waals surface area contributed by atoms with Crippen LogP contribution in [0.15, 0.2) is 36.5 Å². The predicted octanol–water partition coefficient (Wildman–Crippen LogP) is 5.38. The van der Waals surface area contributed by atoms with Gasteiger partial charge < -0.3 is 14.8 Å². The van der Waals surface area contributed by atoms with Gasteiger partial charge in [0, 0.05) is 22.2 Å². The molecule has 2 aromatic carbocycles. The van der Waals surface area contributed by atoms with E-state index < -0.39 is 17.4 Å². The van der Waals surface area contributed by atoms with E-state index in [4.69, 9.17) is 0 Å². The first-order chi connectivity index (χ1) is 15.7. The highest BCUT2D eigenvalue weighted by atomic mass is 19.1. The van der Waals surface area contributed by atoms with Gasteiger partial charge in [-0.15, -0.1) is 0 Å². The Morgan fingerprint density at radius 2 is 1.88 bits per heavy atom. The average Bonchev–Trinajstić information content (AvgIpc) is 3.38. The van der Waals surface area contributed by atoms with Gasteiger partial charge in [0.15, 0.2) is 11.4 Å². The zero-order chi connectivity index (χ0) is 23.5. The van der Waals surface area contributed by atoms with Crippen molar-refractivity contribution in [3.8, 4) is 5.69 Å². The van der Waals surface area contributed by atoms with E-state index in [1.54, 1.807) is 18.3 Å². The third kappa shape index (κ3) is 3.31. The van der Waals surface area contributed by atoms with Crippen molar-refractivity contribution in [2.45, 2.75) is 57.0 Å². The number of hydrogen-bond acceptors (Lipinski definition) is 3. The second-order valence-corrected chi connectivity index (χ2v) is 9.30. The van der Waals surface area contributed by atoms with E-state index in [0.717, 1.165) is 16.9 Å². The van der Waals surface area contributed by atoms with Gasteiger partial charge in [-0.25, -0.2) is 13.6 Å². The maximum atomic E-state index is 15.9. The maximum Gasteiger partial charge on any atom is 0.335 e. The molecule has 2 heterocycles. The van der Waals surface area contributed by atoms with Gasteiger partial charge >= 0.3 is 5.97 Å². The van der Waals surface area contributed by atoms with Crippen molar-refractivity contribution in [3.05, 3.63) is 59.4 Å². The summed E-state index contributed by atoms with van der Waals surface area (Å²) in [6.07, 6.45) is 2.61. The first-order valence-electron chi connectivity index (χ1n) is 11.1. The van der Waals surface area contributed by atoms with Crippen molar-refractivity contribution in [2.24, 2.45) is 0 Å². The van der Waals surface area contributed by atoms with Crippen LogP contribution in [0, 0.1) is 11.6 Å². The molecule has 1 aliphatic rings. The fourth-order valence-electron chi connectivity index (χ4n) is 5.30. The van der Waals surface area contributed by atoms with Gasteiger partial charge in [-0.3, -0.25) is 5.10 Å². The molecule has 0 amide bonds. The number of rotatable bonds is 4. The van der Waals surface area contributed by atoms with Crippen molar-refractivity contribution in [3.63, 3.8) is 0 Å². The van der Waals surface area contributed by atoms with Crippen LogP contribution >= 0.6 is 0 Å². The molecule has 1 aliphatic carbocycles. The molecule has 0 saturated heterocycles. The van der Waals surface area contributed by atoms with Gasteiger partial charge in [-0.05, 0) is 73.4 Å². The Labute approximate surface area is 188 Å². The van der Waals surface area contributed by atoms with Crippen molar-refractivity contribution in [2.75, 3.05) is 0 Å². The molecule has 8 heteroatoms. The summed E-state index contributed by atoms with van der Waals surface area (Å²) in [7, 11) is 0. The van der Waals surface area contributed by atoms with Crippen LogP contribution in [0.3, 0.4) is 0 Å². The minimum absolute atomic E-state index is 0.00797. The molecule has 33 heavy (non-hydrogen) atoms. The number of hydrogen-bond donors (Lipinski definition) is 3. The average molecular weight is 453 g/mol. The van der Waals surface area contributed by atoms with Crippen LogP contribution in [0.2, 0.25) is 0 Å². The van der Waals surface area contributed by atoms with Crippen LogP contribution < -0.4 is 0 Å². The van der Waals surface area contributed by atoms with E-state index in [-0.39, 0.29) is 30.5 Å². The molecule has 1 fully saturated rings. The molecular formula is C25H25F2N3O3. The molecule has 4 aromatic rings. The fourth-order valence-corrected chi connectivity index (χ4v) is 5.30. The summed E-state index contributed by atoms with van der Waals surface area (Å²) in [6.45, 7) is 4.05. The molecule has 3 N–H and O–H groups in total. The molecule has 0 aliphatic heterocycles. The lowest BCUT2D eigenvalue weighted by molar-refractivity contribution is -0.162. The minimum atomic E-state index is -1.75. The molecule has 6 nitrogen and oxygen atoms in total. The third-order valence-corrected chi connectivity index (χ3v) is 6.93. The van der Waals surface area contributed by atoms with Crippen molar-refractivity contribution >= 4 is 27.8 Å². The molecule has 0 radical (unpaired) electrons. The second-order valence-electron chi connectivity index (χ2n) is 9.30. The Kier molecular flexibility index (Phi) is 5.01. The summed E-state index contributed by atoms with van der Waals surface area (Å²) in [6, 6.07) is 7.99. The summed E-state index contributed by atoms with van der Waals surface area (Å²) >= 11 is 0. The number of aromatic nitrogens is 3. The Balaban J connectivity index is 1.80. The van der Waals surface area contributed by atoms with Gasteiger partial charge in [-0.1, -0.05) is 13.8 Å². The number of halogens is 2. The van der Waals surface area contributed by atoms with E-state index in [2.05, 4.69) is 10.2 Å². The largest absolute Gasteiger partial charge is 0.479 e. The van der Waals surface area contributed by atoms with E-state index in [1.807, 2.05) is 24.5 Å². The van der Waals surface area contributed by atoms with Crippen LogP contribution in [-0.4, -0.2) is 36.5 Å². The number of carboxylic acids is 1. The number of carboxylic acid groups (broad SMARTS) is 1. The lowest BCUT2D eigenvalue weighted by Crippen LogP contribution is -2.41. The summed E-state index contributed by atoms with van der Waals surface area (Å²) in [4.78, 5) is 11.5. The Morgan fingerprint density at radius 3 is 2.48 bits per heavy atom. The number of nitrogens with one attached hydrogen (secondary N) is 1. The Bertz CT molecular complexity index is 1360. The van der Waals surface area contributed by atoms with Crippen molar-refractivity contribution in [1.82, 2.24) is 14.8 Å². The van der Waals surface area contributed by atoms with Crippen molar-refractivity contribution < 1.29 is 23.8 Å². The highest BCUT2D eigenvalue weighted by Gasteiger charge is 2.42. The molecule has 0 unspecified atom stereocenters.